The number of hydrogen-bond acceptors (Lipinski definition) is 6. The molecule has 8 nitrogen and oxygen atoms in total. The van der Waals surface area contributed by atoms with Gasteiger partial charge in [0.1, 0.15) is 11.6 Å². The highest BCUT2D eigenvalue weighted by atomic mass is 35.5. The predicted octanol–water partition coefficient (Wildman–Crippen LogP) is 2.86. The molecule has 0 aromatic heterocycles. The predicted molar refractivity (Wildman–Crippen MR) is 135 cm³/mol. The molecule has 2 aromatic carbocycles. The molecule has 2 unspecified atom stereocenters. The van der Waals surface area contributed by atoms with Crippen molar-refractivity contribution >= 4 is 33.6 Å². The van der Waals surface area contributed by atoms with Gasteiger partial charge in [0.05, 0.1) is 42.3 Å². The molecule has 0 N–H and O–H groups in total. The molecule has 0 saturated carbocycles. The van der Waals surface area contributed by atoms with Crippen LogP contribution in [0.2, 0.25) is 5.02 Å². The van der Waals surface area contributed by atoms with Crippen LogP contribution in [0.5, 0.6) is 5.75 Å². The van der Waals surface area contributed by atoms with E-state index in [2.05, 4.69) is 4.90 Å². The number of benzene rings is 2. The van der Waals surface area contributed by atoms with E-state index in [1.165, 1.54) is 57.6 Å². The van der Waals surface area contributed by atoms with Crippen molar-refractivity contribution in [1.29, 1.82) is 0 Å². The van der Waals surface area contributed by atoms with Crippen molar-refractivity contribution in [3.63, 3.8) is 0 Å². The molecule has 0 radical (unpaired) electrons. The first-order valence-electron chi connectivity index (χ1n) is 11.4. The molecule has 4 rings (SSSR count). The largest absolute Gasteiger partial charge is 0.495 e. The second-order valence-corrected chi connectivity index (χ2v) is 11.6. The monoisotopic (exact) mass is 537 g/mol. The van der Waals surface area contributed by atoms with E-state index in [1.54, 1.807) is 12.1 Å². The number of carbonyl (C=O) groups is 1. The fraction of sp³-hybridized carbons (Fsp3) is 0.400. The number of nitrogens with zero attached hydrogens (tertiary/aromatic N) is 3. The van der Waals surface area contributed by atoms with Crippen LogP contribution in [0.15, 0.2) is 47.4 Å². The van der Waals surface area contributed by atoms with Gasteiger partial charge in [0.25, 0.3) is 0 Å². The minimum absolute atomic E-state index is 0.0185. The van der Waals surface area contributed by atoms with E-state index in [0.29, 0.717) is 44.2 Å². The van der Waals surface area contributed by atoms with Gasteiger partial charge in [0.2, 0.25) is 15.9 Å². The van der Waals surface area contributed by atoms with Crippen molar-refractivity contribution in [2.24, 2.45) is 0 Å². The number of sulfonamides is 1. The summed E-state index contributed by atoms with van der Waals surface area (Å²) in [5, 5.41) is 0.158. The van der Waals surface area contributed by atoms with E-state index in [1.807, 2.05) is 4.90 Å². The van der Waals surface area contributed by atoms with Gasteiger partial charge in [0.15, 0.2) is 0 Å². The number of halogens is 2. The van der Waals surface area contributed by atoms with Gasteiger partial charge >= 0.3 is 0 Å². The lowest BCUT2D eigenvalue weighted by Crippen LogP contribution is -2.65. The summed E-state index contributed by atoms with van der Waals surface area (Å²) in [5.41, 5.74) is 1.30. The van der Waals surface area contributed by atoms with Crippen molar-refractivity contribution < 1.29 is 27.1 Å². The average molecular weight is 538 g/mol. The summed E-state index contributed by atoms with van der Waals surface area (Å²) in [6.45, 7) is 2.70. The fourth-order valence-corrected chi connectivity index (χ4v) is 5.98. The van der Waals surface area contributed by atoms with Crippen LogP contribution >= 0.6 is 11.6 Å². The Bertz CT molecular complexity index is 1240. The zero-order chi connectivity index (χ0) is 26.0. The Balaban J connectivity index is 1.55. The summed E-state index contributed by atoms with van der Waals surface area (Å²) in [4.78, 5) is 17.3. The molecule has 2 fully saturated rings. The summed E-state index contributed by atoms with van der Waals surface area (Å²) in [7, 11) is 0.480. The number of rotatable bonds is 7. The first kappa shape index (κ1) is 26.6. The van der Waals surface area contributed by atoms with Crippen LogP contribution < -0.4 is 4.74 Å². The Morgan fingerprint density at radius 3 is 2.42 bits per heavy atom. The average Bonchev–Trinajstić information content (AvgIpc) is 2.83. The maximum atomic E-state index is 13.3. The van der Waals surface area contributed by atoms with Gasteiger partial charge in [-0.25, -0.2) is 17.1 Å². The number of amides is 1. The quantitative estimate of drug-likeness (QED) is 0.505. The lowest BCUT2D eigenvalue weighted by atomic mass is 10.0. The summed E-state index contributed by atoms with van der Waals surface area (Å²) in [6.07, 6.45) is 2.87. The van der Waals surface area contributed by atoms with Crippen LogP contribution in [-0.4, -0.2) is 88.0 Å². The molecule has 1 amide bonds. The van der Waals surface area contributed by atoms with Crippen molar-refractivity contribution in [1.82, 2.24) is 14.1 Å². The molecule has 2 bridgehead atoms. The second kappa shape index (κ2) is 10.9. The van der Waals surface area contributed by atoms with Crippen LogP contribution in [0.3, 0.4) is 0 Å². The normalized spacial score (nSPS) is 20.8. The van der Waals surface area contributed by atoms with Gasteiger partial charge in [-0.1, -0.05) is 23.7 Å². The SMILES string of the molecule is COc1cc(/C=C/C(=O)N2C3COCC2CN(Cc2ccc(F)cc2)C3)c(S(=O)(=O)N(C)C)cc1Cl. The zero-order valence-electron chi connectivity index (χ0n) is 20.4. The van der Waals surface area contributed by atoms with Crippen molar-refractivity contribution in [3.8, 4) is 5.75 Å². The topological polar surface area (TPSA) is 79.4 Å². The number of hydrogen-bond donors (Lipinski definition) is 0. The lowest BCUT2D eigenvalue weighted by molar-refractivity contribution is -0.150. The number of morpholine rings is 1. The minimum Gasteiger partial charge on any atom is -0.495 e. The third kappa shape index (κ3) is 5.57. The number of methoxy groups -OCH3 is 1. The van der Waals surface area contributed by atoms with Gasteiger partial charge < -0.3 is 14.4 Å². The van der Waals surface area contributed by atoms with Crippen molar-refractivity contribution in [2.45, 2.75) is 23.5 Å². The summed E-state index contributed by atoms with van der Waals surface area (Å²) < 4.78 is 51.0. The number of carbonyl (C=O) groups excluding carboxylic acids is 1. The number of piperazine rings is 1. The van der Waals surface area contributed by atoms with Crippen LogP contribution in [-0.2, 0) is 26.1 Å². The Hall–Kier alpha value is -2.50. The first-order valence-corrected chi connectivity index (χ1v) is 13.3. The van der Waals surface area contributed by atoms with E-state index in [4.69, 9.17) is 21.1 Å². The Kier molecular flexibility index (Phi) is 8.01. The molecular formula is C25H29ClFN3O5S. The molecule has 2 aromatic rings. The molecule has 11 heteroatoms. The van der Waals surface area contributed by atoms with Gasteiger partial charge in [-0.3, -0.25) is 9.69 Å². The molecule has 0 aliphatic carbocycles. The summed E-state index contributed by atoms with van der Waals surface area (Å²) >= 11 is 6.20. The number of fused-ring (bicyclic) bond motifs is 2. The fourth-order valence-electron chi connectivity index (χ4n) is 4.59. The molecule has 2 aliphatic heterocycles. The van der Waals surface area contributed by atoms with Crippen molar-refractivity contribution in [2.75, 3.05) is 47.5 Å². The Labute approximate surface area is 215 Å². The van der Waals surface area contributed by atoms with Crippen LogP contribution in [0, 0.1) is 5.82 Å². The molecule has 2 heterocycles. The standard InChI is InChI=1S/C25H29ClFN3O5S/c1-28(2)36(32,33)24-11-22(26)23(34-3)10-18(24)6-9-25(31)30-20-13-29(14-21(30)16-35-15-20)12-17-4-7-19(27)8-5-17/h4-11,20-21H,12-16H2,1-3H3/b9-6+. The molecular weight excluding hydrogens is 509 g/mol. The molecule has 2 saturated heterocycles. The third-order valence-electron chi connectivity index (χ3n) is 6.37. The van der Waals surface area contributed by atoms with E-state index < -0.39 is 10.0 Å². The second-order valence-electron chi connectivity index (χ2n) is 9.06. The maximum Gasteiger partial charge on any atom is 0.247 e. The first-order chi connectivity index (χ1) is 17.1. The summed E-state index contributed by atoms with van der Waals surface area (Å²) in [5.74, 6) is -0.191. The zero-order valence-corrected chi connectivity index (χ0v) is 21.9. The lowest BCUT2D eigenvalue weighted by Gasteiger charge is -2.49. The minimum atomic E-state index is -3.82. The van der Waals surface area contributed by atoms with E-state index >= 15 is 0 Å². The highest BCUT2D eigenvalue weighted by molar-refractivity contribution is 7.89. The van der Waals surface area contributed by atoms with Gasteiger partial charge in [-0.2, -0.15) is 0 Å². The van der Waals surface area contributed by atoms with Crippen LogP contribution in [0.25, 0.3) is 6.08 Å². The Morgan fingerprint density at radius 2 is 1.83 bits per heavy atom. The van der Waals surface area contributed by atoms with Gasteiger partial charge in [-0.15, -0.1) is 0 Å². The van der Waals surface area contributed by atoms with E-state index in [9.17, 15) is 17.6 Å². The van der Waals surface area contributed by atoms with Crippen molar-refractivity contribution in [3.05, 3.63) is 64.4 Å². The summed E-state index contributed by atoms with van der Waals surface area (Å²) in [6, 6.07) is 8.95. The molecule has 2 aliphatic rings. The highest BCUT2D eigenvalue weighted by Crippen LogP contribution is 2.32. The number of ether oxygens (including phenoxy) is 2. The Morgan fingerprint density at radius 1 is 1.19 bits per heavy atom. The van der Waals surface area contributed by atoms with E-state index in [-0.39, 0.29) is 33.7 Å². The third-order valence-corrected chi connectivity index (χ3v) is 8.53. The molecule has 2 atom stereocenters. The van der Waals surface area contributed by atoms with Gasteiger partial charge in [-0.05, 0) is 41.5 Å². The van der Waals surface area contributed by atoms with Gasteiger partial charge in [0, 0.05) is 39.8 Å². The van der Waals surface area contributed by atoms with E-state index in [0.717, 1.165) is 9.87 Å². The maximum absolute atomic E-state index is 13.3. The highest BCUT2D eigenvalue weighted by Gasteiger charge is 2.40. The smallest absolute Gasteiger partial charge is 0.247 e. The molecule has 0 spiro atoms. The van der Waals surface area contributed by atoms with Crippen LogP contribution in [0.4, 0.5) is 4.39 Å². The molecule has 194 valence electrons. The molecule has 36 heavy (non-hydrogen) atoms. The van der Waals surface area contributed by atoms with Crippen LogP contribution in [0.1, 0.15) is 11.1 Å².